The number of thioether (sulfide) groups is 1. The Hall–Kier alpha value is -1.05. The number of esters is 1. The minimum absolute atomic E-state index is 0.273. The molecule has 0 bridgehead atoms. The summed E-state index contributed by atoms with van der Waals surface area (Å²) in [6.45, 7) is 17.3. The van der Waals surface area contributed by atoms with Crippen LogP contribution in [0.4, 0.5) is 0 Å². The molecule has 2 rings (SSSR count). The number of ether oxygens (including phenoxy) is 1. The smallest absolute Gasteiger partial charge is 0.321 e. The highest BCUT2D eigenvalue weighted by atomic mass is 79.9. The SMILES string of the molecule is CCOC(=O)C1SC(C)(c2cc(C(C)(C)C)c(O)c(C(C)(C)C)c2)N(CCCBr)C1C=O. The molecule has 180 valence electrons. The number of carbonyl (C=O) groups excluding carboxylic acids is 2. The van der Waals surface area contributed by atoms with Crippen LogP contribution in [0, 0.1) is 0 Å². The lowest BCUT2D eigenvalue weighted by molar-refractivity contribution is -0.144. The van der Waals surface area contributed by atoms with Gasteiger partial charge in [-0.1, -0.05) is 57.5 Å². The number of aldehydes is 1. The molecule has 1 N–H and O–H groups in total. The summed E-state index contributed by atoms with van der Waals surface area (Å²) in [5.41, 5.74) is 2.17. The summed E-state index contributed by atoms with van der Waals surface area (Å²) in [7, 11) is 0. The number of carbonyl (C=O) groups is 2. The van der Waals surface area contributed by atoms with Crippen molar-refractivity contribution in [2.45, 2.75) is 88.8 Å². The Bertz CT molecular complexity index is 810. The normalized spacial score (nSPS) is 24.5. The van der Waals surface area contributed by atoms with Gasteiger partial charge in [-0.25, -0.2) is 0 Å². The van der Waals surface area contributed by atoms with Crippen molar-refractivity contribution in [3.05, 3.63) is 28.8 Å². The Kier molecular flexibility index (Phi) is 8.55. The molecular formula is C25H38BrNO4S. The van der Waals surface area contributed by atoms with E-state index in [1.807, 2.05) is 12.1 Å². The Morgan fingerprint density at radius 3 is 2.16 bits per heavy atom. The predicted octanol–water partition coefficient (Wildman–Crippen LogP) is 5.49. The number of hydrogen-bond donors (Lipinski definition) is 1. The van der Waals surface area contributed by atoms with Gasteiger partial charge in [-0.2, -0.15) is 0 Å². The van der Waals surface area contributed by atoms with E-state index in [4.69, 9.17) is 4.74 Å². The molecular weight excluding hydrogens is 490 g/mol. The maximum Gasteiger partial charge on any atom is 0.321 e. The van der Waals surface area contributed by atoms with E-state index in [9.17, 15) is 14.7 Å². The van der Waals surface area contributed by atoms with Crippen LogP contribution in [0.15, 0.2) is 12.1 Å². The van der Waals surface area contributed by atoms with E-state index < -0.39 is 16.2 Å². The van der Waals surface area contributed by atoms with Gasteiger partial charge in [0.05, 0.1) is 17.5 Å². The van der Waals surface area contributed by atoms with Crippen molar-refractivity contribution in [1.29, 1.82) is 0 Å². The van der Waals surface area contributed by atoms with Crippen molar-refractivity contribution < 1.29 is 19.4 Å². The largest absolute Gasteiger partial charge is 0.507 e. The van der Waals surface area contributed by atoms with Crippen LogP contribution in [0.25, 0.3) is 0 Å². The molecule has 0 amide bonds. The molecule has 1 fully saturated rings. The number of aromatic hydroxyl groups is 1. The van der Waals surface area contributed by atoms with Crippen LogP contribution in [0.2, 0.25) is 0 Å². The van der Waals surface area contributed by atoms with Crippen molar-refractivity contribution in [3.8, 4) is 5.75 Å². The summed E-state index contributed by atoms with van der Waals surface area (Å²) in [4.78, 5) is 26.5. The Balaban J connectivity index is 2.75. The first-order valence-electron chi connectivity index (χ1n) is 11.2. The first-order chi connectivity index (χ1) is 14.7. The molecule has 0 radical (unpaired) electrons. The highest BCUT2D eigenvalue weighted by Gasteiger charge is 2.54. The first kappa shape index (κ1) is 27.2. The van der Waals surface area contributed by atoms with E-state index in [0.717, 1.165) is 34.7 Å². The molecule has 1 aromatic rings. The average Bonchev–Trinajstić information content (AvgIpc) is 2.97. The molecule has 0 aromatic heterocycles. The Morgan fingerprint density at radius 1 is 1.22 bits per heavy atom. The van der Waals surface area contributed by atoms with E-state index in [1.54, 1.807) is 6.92 Å². The van der Waals surface area contributed by atoms with Gasteiger partial charge in [-0.3, -0.25) is 9.69 Å². The molecule has 0 saturated carbocycles. The maximum absolute atomic E-state index is 12.8. The number of benzene rings is 1. The van der Waals surface area contributed by atoms with Crippen LogP contribution in [0.5, 0.6) is 5.75 Å². The van der Waals surface area contributed by atoms with Gasteiger partial charge in [0.15, 0.2) is 0 Å². The van der Waals surface area contributed by atoms with E-state index >= 15 is 0 Å². The zero-order valence-electron chi connectivity index (χ0n) is 20.6. The zero-order valence-corrected chi connectivity index (χ0v) is 23.0. The number of rotatable bonds is 7. The highest BCUT2D eigenvalue weighted by Crippen LogP contribution is 2.53. The third-order valence-corrected chi connectivity index (χ3v) is 8.24. The van der Waals surface area contributed by atoms with Gasteiger partial charge in [0.1, 0.15) is 17.3 Å². The lowest BCUT2D eigenvalue weighted by Crippen LogP contribution is -2.46. The van der Waals surface area contributed by atoms with Crippen molar-refractivity contribution in [2.24, 2.45) is 0 Å². The third-order valence-electron chi connectivity index (χ3n) is 6.03. The lowest BCUT2D eigenvalue weighted by Gasteiger charge is -2.38. The van der Waals surface area contributed by atoms with Crippen LogP contribution in [0.1, 0.15) is 78.5 Å². The summed E-state index contributed by atoms with van der Waals surface area (Å²) in [6.07, 6.45) is 1.72. The Labute approximate surface area is 205 Å². The summed E-state index contributed by atoms with van der Waals surface area (Å²) in [5, 5.41) is 11.4. The number of phenolic OH excluding ortho intramolecular Hbond substituents is 1. The zero-order chi connectivity index (χ0) is 24.5. The van der Waals surface area contributed by atoms with Crippen LogP contribution in [-0.2, 0) is 30.0 Å². The molecule has 3 atom stereocenters. The van der Waals surface area contributed by atoms with Gasteiger partial charge < -0.3 is 14.6 Å². The summed E-state index contributed by atoms with van der Waals surface area (Å²) in [5.74, 6) is -0.0331. The first-order valence-corrected chi connectivity index (χ1v) is 13.2. The summed E-state index contributed by atoms with van der Waals surface area (Å²) >= 11 is 4.97. The molecule has 7 heteroatoms. The van der Waals surface area contributed by atoms with Gasteiger partial charge in [0.25, 0.3) is 0 Å². The van der Waals surface area contributed by atoms with Gasteiger partial charge in [-0.15, -0.1) is 11.8 Å². The molecule has 3 unspecified atom stereocenters. The molecule has 0 aliphatic carbocycles. The number of nitrogens with zero attached hydrogens (tertiary/aromatic N) is 1. The standard InChI is InChI=1S/C25H38BrNO4S/c1-9-31-22(30)21-19(15-28)27(12-10-11-26)25(8,32-21)16-13-17(23(2,3)4)20(29)18(14-16)24(5,6)7/h13-15,19,21,29H,9-12H2,1-8H3. The van der Waals surface area contributed by atoms with E-state index in [2.05, 4.69) is 69.3 Å². The second-order valence-electron chi connectivity index (χ2n) is 10.6. The van der Waals surface area contributed by atoms with Gasteiger partial charge in [0, 0.05) is 11.9 Å². The maximum atomic E-state index is 12.8. The van der Waals surface area contributed by atoms with Crippen LogP contribution in [-0.4, -0.2) is 52.0 Å². The third kappa shape index (κ3) is 5.36. The second-order valence-corrected chi connectivity index (χ2v) is 12.9. The molecule has 1 saturated heterocycles. The quantitative estimate of drug-likeness (QED) is 0.287. The molecule has 5 nitrogen and oxygen atoms in total. The number of phenols is 1. The fourth-order valence-corrected chi connectivity index (χ4v) is 6.12. The van der Waals surface area contributed by atoms with Crippen molar-refractivity contribution in [2.75, 3.05) is 18.5 Å². The fourth-order valence-electron chi connectivity index (χ4n) is 4.26. The molecule has 1 aliphatic heterocycles. The predicted molar refractivity (Wildman–Crippen MR) is 136 cm³/mol. The van der Waals surface area contributed by atoms with Crippen LogP contribution in [0.3, 0.4) is 0 Å². The minimum atomic E-state index is -0.626. The topological polar surface area (TPSA) is 66.8 Å². The van der Waals surface area contributed by atoms with Crippen molar-refractivity contribution in [3.63, 3.8) is 0 Å². The van der Waals surface area contributed by atoms with Crippen LogP contribution < -0.4 is 0 Å². The molecule has 1 aromatic carbocycles. The molecule has 1 heterocycles. The van der Waals surface area contributed by atoms with Crippen molar-refractivity contribution >= 4 is 39.9 Å². The molecule has 32 heavy (non-hydrogen) atoms. The lowest BCUT2D eigenvalue weighted by atomic mass is 9.77. The van der Waals surface area contributed by atoms with Gasteiger partial charge in [-0.05, 0) is 59.9 Å². The number of hydrogen-bond acceptors (Lipinski definition) is 6. The van der Waals surface area contributed by atoms with E-state index in [-0.39, 0.29) is 23.4 Å². The highest BCUT2D eigenvalue weighted by molar-refractivity contribution is 9.09. The van der Waals surface area contributed by atoms with Crippen LogP contribution >= 0.6 is 27.7 Å². The average molecular weight is 529 g/mol. The monoisotopic (exact) mass is 527 g/mol. The second kappa shape index (κ2) is 10.1. The minimum Gasteiger partial charge on any atom is -0.507 e. The molecule has 0 spiro atoms. The summed E-state index contributed by atoms with van der Waals surface area (Å²) < 4.78 is 5.32. The van der Waals surface area contributed by atoms with Gasteiger partial charge >= 0.3 is 5.97 Å². The summed E-state index contributed by atoms with van der Waals surface area (Å²) in [6, 6.07) is 3.52. The van der Waals surface area contributed by atoms with E-state index in [1.165, 1.54) is 11.8 Å². The fraction of sp³-hybridized carbons (Fsp3) is 0.680. The number of halogens is 1. The molecule has 1 aliphatic rings. The number of alkyl halides is 1. The van der Waals surface area contributed by atoms with E-state index in [0.29, 0.717) is 12.3 Å². The van der Waals surface area contributed by atoms with Crippen molar-refractivity contribution in [1.82, 2.24) is 4.90 Å². The van der Waals surface area contributed by atoms with Gasteiger partial charge in [0.2, 0.25) is 0 Å². The Morgan fingerprint density at radius 2 is 1.75 bits per heavy atom.